The second-order valence-electron chi connectivity index (χ2n) is 10.7. The van der Waals surface area contributed by atoms with Crippen LogP contribution in [0.4, 0.5) is 0 Å². The van der Waals surface area contributed by atoms with Gasteiger partial charge in [-0.15, -0.1) is 0 Å². The van der Waals surface area contributed by atoms with E-state index < -0.39 is 30.4 Å². The lowest BCUT2D eigenvalue weighted by Crippen LogP contribution is -2.44. The Morgan fingerprint density at radius 2 is 1.95 bits per heavy atom. The molecule has 1 aromatic rings. The fraction of sp³-hybridized carbons (Fsp3) is 0.600. The van der Waals surface area contributed by atoms with Crippen molar-refractivity contribution < 1.29 is 34.0 Å². The molecule has 0 bridgehead atoms. The summed E-state index contributed by atoms with van der Waals surface area (Å²) in [7, 11) is 0. The van der Waals surface area contributed by atoms with Crippen LogP contribution in [-0.2, 0) is 19.1 Å². The number of benzene rings is 1. The van der Waals surface area contributed by atoms with Crippen LogP contribution in [0.15, 0.2) is 54.1 Å². The molecule has 4 rings (SSSR count). The molecule has 0 spiro atoms. The number of esters is 2. The van der Waals surface area contributed by atoms with Crippen molar-refractivity contribution in [3.63, 3.8) is 0 Å². The summed E-state index contributed by atoms with van der Waals surface area (Å²) in [6.07, 6.45) is 7.72. The SMILES string of the molecule is CCCCC(Oc1ccccc1)C(=O)O[C@H]1C[C@H](O)C=C2C=C[C@H](C)[C@H](CC[C@@H]3C[C@@H](O)CC(=O)O3)[C@H]21. The number of hydrogen-bond acceptors (Lipinski definition) is 7. The highest BCUT2D eigenvalue weighted by Gasteiger charge is 2.43. The fourth-order valence-corrected chi connectivity index (χ4v) is 5.91. The van der Waals surface area contributed by atoms with Crippen LogP contribution in [0, 0.1) is 17.8 Å². The zero-order chi connectivity index (χ0) is 26.4. The van der Waals surface area contributed by atoms with Gasteiger partial charge in [-0.25, -0.2) is 4.79 Å². The number of cyclic esters (lactones) is 1. The average molecular weight is 513 g/mol. The molecule has 0 radical (unpaired) electrons. The number of unbranched alkanes of at least 4 members (excludes halogenated alkanes) is 1. The van der Waals surface area contributed by atoms with Crippen LogP contribution in [0.5, 0.6) is 5.75 Å². The van der Waals surface area contributed by atoms with E-state index in [9.17, 15) is 19.8 Å². The molecule has 3 aliphatic rings. The van der Waals surface area contributed by atoms with Gasteiger partial charge in [-0.1, -0.05) is 56.7 Å². The Morgan fingerprint density at radius 3 is 2.68 bits per heavy atom. The Hall–Kier alpha value is -2.64. The van der Waals surface area contributed by atoms with Gasteiger partial charge in [0.25, 0.3) is 0 Å². The van der Waals surface area contributed by atoms with Gasteiger partial charge in [0.2, 0.25) is 0 Å². The first-order valence-corrected chi connectivity index (χ1v) is 13.7. The van der Waals surface area contributed by atoms with Crippen LogP contribution in [0.1, 0.15) is 65.2 Å². The summed E-state index contributed by atoms with van der Waals surface area (Å²) in [5.41, 5.74) is 0.981. The number of fused-ring (bicyclic) bond motifs is 1. The first-order chi connectivity index (χ1) is 17.8. The maximum Gasteiger partial charge on any atom is 0.347 e. The number of aliphatic hydroxyl groups is 2. The standard InChI is InChI=1S/C30H40O7/c1-3-4-10-26(35-23-8-6-5-7-9-23)30(34)37-27-17-21(31)15-20-12-11-19(2)25(29(20)27)14-13-24-16-22(32)18-28(33)36-24/h5-9,11-12,15,19,21-22,24-27,29,31-32H,3-4,10,13-14,16-18H2,1-2H3/t19-,21+,22+,24+,25-,26?,27-,29-/m0/s1. The molecule has 202 valence electrons. The smallest absolute Gasteiger partial charge is 0.347 e. The summed E-state index contributed by atoms with van der Waals surface area (Å²) < 4.78 is 17.7. The number of carbonyl (C=O) groups excluding carboxylic acids is 2. The number of para-hydroxylation sites is 1. The molecule has 7 heteroatoms. The normalized spacial score (nSPS) is 32.1. The van der Waals surface area contributed by atoms with Gasteiger partial charge in [0, 0.05) is 18.8 Å². The Bertz CT molecular complexity index is 971. The Labute approximate surface area is 219 Å². The largest absolute Gasteiger partial charge is 0.479 e. The summed E-state index contributed by atoms with van der Waals surface area (Å²) in [5, 5.41) is 20.6. The topological polar surface area (TPSA) is 102 Å². The zero-order valence-corrected chi connectivity index (χ0v) is 21.8. The van der Waals surface area contributed by atoms with Crippen molar-refractivity contribution in [2.24, 2.45) is 17.8 Å². The fourth-order valence-electron chi connectivity index (χ4n) is 5.91. The van der Waals surface area contributed by atoms with Crippen LogP contribution >= 0.6 is 0 Å². The molecule has 2 N–H and O–H groups in total. The molecule has 1 fully saturated rings. The maximum absolute atomic E-state index is 13.4. The molecule has 1 heterocycles. The van der Waals surface area contributed by atoms with Crippen LogP contribution in [0.25, 0.3) is 0 Å². The lowest BCUT2D eigenvalue weighted by atomic mass is 9.66. The number of carbonyl (C=O) groups is 2. The van der Waals surface area contributed by atoms with E-state index in [1.54, 1.807) is 0 Å². The molecule has 1 saturated heterocycles. The highest BCUT2D eigenvalue weighted by atomic mass is 16.6. The first-order valence-electron chi connectivity index (χ1n) is 13.7. The quantitative estimate of drug-likeness (QED) is 0.445. The molecule has 0 amide bonds. The molecule has 1 aliphatic heterocycles. The summed E-state index contributed by atoms with van der Waals surface area (Å²) in [4.78, 5) is 25.2. The van der Waals surface area contributed by atoms with Gasteiger partial charge in [0.15, 0.2) is 6.10 Å². The Morgan fingerprint density at radius 1 is 1.16 bits per heavy atom. The lowest BCUT2D eigenvalue weighted by Gasteiger charge is -2.43. The van der Waals surface area contributed by atoms with Gasteiger partial charge in [0.05, 0.1) is 18.6 Å². The molecule has 0 saturated carbocycles. The third-order valence-corrected chi connectivity index (χ3v) is 7.80. The van der Waals surface area contributed by atoms with E-state index >= 15 is 0 Å². The van der Waals surface area contributed by atoms with E-state index in [-0.39, 0.29) is 36.2 Å². The summed E-state index contributed by atoms with van der Waals surface area (Å²) in [6.45, 7) is 4.22. The summed E-state index contributed by atoms with van der Waals surface area (Å²) in [6, 6.07) is 9.30. The third-order valence-electron chi connectivity index (χ3n) is 7.80. The van der Waals surface area contributed by atoms with Crippen LogP contribution in [-0.4, -0.2) is 52.7 Å². The van der Waals surface area contributed by atoms with E-state index in [0.29, 0.717) is 31.4 Å². The predicted octanol–water partition coefficient (Wildman–Crippen LogP) is 4.51. The van der Waals surface area contributed by atoms with Crippen LogP contribution in [0.2, 0.25) is 0 Å². The highest BCUT2D eigenvalue weighted by Crippen LogP contribution is 2.44. The minimum absolute atomic E-state index is 0.0503. The first kappa shape index (κ1) is 27.4. The van der Waals surface area contributed by atoms with Gasteiger partial charge in [-0.2, -0.15) is 0 Å². The van der Waals surface area contributed by atoms with E-state index in [2.05, 4.69) is 19.9 Å². The van der Waals surface area contributed by atoms with Gasteiger partial charge < -0.3 is 24.4 Å². The number of allylic oxidation sites excluding steroid dienone is 2. The van der Waals surface area contributed by atoms with Crippen molar-refractivity contribution in [1.82, 2.24) is 0 Å². The van der Waals surface area contributed by atoms with Crippen LogP contribution in [0.3, 0.4) is 0 Å². The number of hydrogen-bond donors (Lipinski definition) is 2. The van der Waals surface area contributed by atoms with Gasteiger partial charge in [-0.3, -0.25) is 4.79 Å². The molecule has 7 nitrogen and oxygen atoms in total. The van der Waals surface area contributed by atoms with Crippen molar-refractivity contribution in [3.8, 4) is 5.75 Å². The Balaban J connectivity index is 1.48. The van der Waals surface area contributed by atoms with Crippen molar-refractivity contribution >= 4 is 11.9 Å². The van der Waals surface area contributed by atoms with Crippen molar-refractivity contribution in [2.75, 3.05) is 0 Å². The van der Waals surface area contributed by atoms with E-state index in [1.807, 2.05) is 42.5 Å². The molecular weight excluding hydrogens is 472 g/mol. The maximum atomic E-state index is 13.4. The van der Waals surface area contributed by atoms with Crippen molar-refractivity contribution in [2.45, 2.75) is 95.7 Å². The molecule has 1 aromatic carbocycles. The monoisotopic (exact) mass is 512 g/mol. The number of aliphatic hydroxyl groups excluding tert-OH is 2. The summed E-state index contributed by atoms with van der Waals surface area (Å²) >= 11 is 0. The van der Waals surface area contributed by atoms with Gasteiger partial charge in [-0.05, 0) is 55.2 Å². The number of rotatable bonds is 10. The second kappa shape index (κ2) is 12.7. The third kappa shape index (κ3) is 7.23. The van der Waals surface area contributed by atoms with E-state index in [1.165, 1.54) is 0 Å². The minimum atomic E-state index is -0.716. The summed E-state index contributed by atoms with van der Waals surface area (Å²) in [5.74, 6) is 0.162. The highest BCUT2D eigenvalue weighted by molar-refractivity contribution is 5.75. The molecule has 8 atom stereocenters. The van der Waals surface area contributed by atoms with E-state index in [4.69, 9.17) is 14.2 Å². The second-order valence-corrected chi connectivity index (χ2v) is 10.7. The van der Waals surface area contributed by atoms with Crippen LogP contribution < -0.4 is 4.74 Å². The molecular formula is C30H40O7. The van der Waals surface area contributed by atoms with Gasteiger partial charge in [0.1, 0.15) is 18.0 Å². The molecule has 37 heavy (non-hydrogen) atoms. The zero-order valence-electron chi connectivity index (χ0n) is 21.8. The molecule has 0 aromatic heterocycles. The molecule has 2 aliphatic carbocycles. The number of ether oxygens (including phenoxy) is 3. The molecule has 1 unspecified atom stereocenters. The Kier molecular flexibility index (Phi) is 9.43. The van der Waals surface area contributed by atoms with Crippen molar-refractivity contribution in [3.05, 3.63) is 54.1 Å². The minimum Gasteiger partial charge on any atom is -0.479 e. The average Bonchev–Trinajstić information content (AvgIpc) is 2.86. The van der Waals surface area contributed by atoms with E-state index in [0.717, 1.165) is 24.8 Å². The van der Waals surface area contributed by atoms with Gasteiger partial charge >= 0.3 is 11.9 Å². The predicted molar refractivity (Wildman–Crippen MR) is 139 cm³/mol. The lowest BCUT2D eigenvalue weighted by molar-refractivity contribution is -0.165. The van der Waals surface area contributed by atoms with Crippen molar-refractivity contribution in [1.29, 1.82) is 0 Å².